The number of hydrogen-bond donors (Lipinski definition) is 2. The van der Waals surface area contributed by atoms with Gasteiger partial charge in [0.1, 0.15) is 18.3 Å². The normalized spacial score (nSPS) is 32.9. The minimum absolute atomic E-state index is 0.146. The van der Waals surface area contributed by atoms with Gasteiger partial charge >= 0.3 is 5.97 Å². The molecule has 2 heterocycles. The van der Waals surface area contributed by atoms with E-state index in [0.717, 1.165) is 6.42 Å². The summed E-state index contributed by atoms with van der Waals surface area (Å²) >= 11 is 0. The van der Waals surface area contributed by atoms with Gasteiger partial charge in [0.15, 0.2) is 6.10 Å². The predicted octanol–water partition coefficient (Wildman–Crippen LogP) is 0.513. The maximum absolute atomic E-state index is 11.7. The van der Waals surface area contributed by atoms with E-state index in [-0.39, 0.29) is 24.6 Å². The lowest BCUT2D eigenvalue weighted by atomic mass is 10.1. The summed E-state index contributed by atoms with van der Waals surface area (Å²) in [6.45, 7) is 4.45. The van der Waals surface area contributed by atoms with Gasteiger partial charge in [-0.2, -0.15) is 0 Å². The van der Waals surface area contributed by atoms with Crippen LogP contribution in [0.1, 0.15) is 26.7 Å². The molecule has 2 aliphatic rings. The summed E-state index contributed by atoms with van der Waals surface area (Å²) in [7, 11) is 0. The molecule has 8 nitrogen and oxygen atoms in total. The SMILES string of the molecule is CC(C)CCC(=O)OC1COC2C(ON(O)O)COC12. The fourth-order valence-electron chi connectivity index (χ4n) is 2.38. The molecule has 2 saturated heterocycles. The third-order valence-electron chi connectivity index (χ3n) is 3.40. The standard InChI is InChI=1S/C12H21NO7/c1-7(2)3-4-10(14)19-8-5-17-12-9(20-13(15)16)6-18-11(8)12/h7-9,11-12,15-16H,3-6H2,1-2H3. The molecule has 0 saturated carbocycles. The molecule has 2 N–H and O–H groups in total. The second kappa shape index (κ2) is 6.79. The average molecular weight is 291 g/mol. The molecule has 20 heavy (non-hydrogen) atoms. The summed E-state index contributed by atoms with van der Waals surface area (Å²) in [5.41, 5.74) is 0. The molecule has 2 rings (SSSR count). The molecule has 2 aliphatic heterocycles. The van der Waals surface area contributed by atoms with Gasteiger partial charge in [-0.1, -0.05) is 13.8 Å². The van der Waals surface area contributed by atoms with Crippen LogP contribution in [0, 0.1) is 5.92 Å². The topological polar surface area (TPSA) is 97.7 Å². The first kappa shape index (κ1) is 15.6. The van der Waals surface area contributed by atoms with E-state index < -0.39 is 24.4 Å². The molecule has 4 atom stereocenters. The lowest BCUT2D eigenvalue weighted by Gasteiger charge is -2.17. The van der Waals surface area contributed by atoms with Crippen molar-refractivity contribution in [2.24, 2.45) is 5.92 Å². The van der Waals surface area contributed by atoms with Crippen LogP contribution >= 0.6 is 0 Å². The van der Waals surface area contributed by atoms with Gasteiger partial charge in [-0.05, 0) is 12.3 Å². The van der Waals surface area contributed by atoms with Crippen LogP contribution in [0.25, 0.3) is 0 Å². The maximum atomic E-state index is 11.7. The smallest absolute Gasteiger partial charge is 0.306 e. The highest BCUT2D eigenvalue weighted by Gasteiger charge is 2.50. The largest absolute Gasteiger partial charge is 0.457 e. The molecular weight excluding hydrogens is 270 g/mol. The number of hydrogen-bond acceptors (Lipinski definition) is 8. The van der Waals surface area contributed by atoms with Crippen molar-refractivity contribution in [3.63, 3.8) is 0 Å². The molecule has 0 radical (unpaired) electrons. The first-order valence-electron chi connectivity index (χ1n) is 6.74. The summed E-state index contributed by atoms with van der Waals surface area (Å²) < 4.78 is 16.3. The molecule has 4 unspecified atom stereocenters. The van der Waals surface area contributed by atoms with Gasteiger partial charge in [-0.25, -0.2) is 4.84 Å². The van der Waals surface area contributed by atoms with Crippen molar-refractivity contribution in [1.82, 2.24) is 5.39 Å². The predicted molar refractivity (Wildman–Crippen MR) is 63.7 cm³/mol. The van der Waals surface area contributed by atoms with Crippen LogP contribution in [-0.4, -0.2) is 59.4 Å². The monoisotopic (exact) mass is 291 g/mol. The molecule has 0 aromatic rings. The second-order valence-electron chi connectivity index (χ2n) is 5.45. The zero-order valence-corrected chi connectivity index (χ0v) is 11.6. The quantitative estimate of drug-likeness (QED) is 0.539. The second-order valence-corrected chi connectivity index (χ2v) is 5.45. The van der Waals surface area contributed by atoms with Crippen LogP contribution in [0.4, 0.5) is 0 Å². The van der Waals surface area contributed by atoms with E-state index in [2.05, 4.69) is 0 Å². The molecule has 0 aromatic carbocycles. The van der Waals surface area contributed by atoms with Crippen LogP contribution in [0.2, 0.25) is 0 Å². The Labute approximate surface area is 117 Å². The molecule has 0 aliphatic carbocycles. The van der Waals surface area contributed by atoms with Crippen molar-refractivity contribution in [2.45, 2.75) is 51.1 Å². The summed E-state index contributed by atoms with van der Waals surface area (Å²) in [5, 5.41) is 16.9. The van der Waals surface area contributed by atoms with Crippen LogP contribution in [0.3, 0.4) is 0 Å². The maximum Gasteiger partial charge on any atom is 0.306 e. The minimum Gasteiger partial charge on any atom is -0.457 e. The number of esters is 1. The molecular formula is C12H21NO7. The van der Waals surface area contributed by atoms with E-state index in [0.29, 0.717) is 12.3 Å². The van der Waals surface area contributed by atoms with Crippen molar-refractivity contribution in [1.29, 1.82) is 0 Å². The summed E-state index contributed by atoms with van der Waals surface area (Å²) in [4.78, 5) is 16.4. The molecule has 116 valence electrons. The van der Waals surface area contributed by atoms with Crippen molar-refractivity contribution in [3.05, 3.63) is 0 Å². The Balaban J connectivity index is 1.80. The zero-order chi connectivity index (χ0) is 14.7. The van der Waals surface area contributed by atoms with Crippen molar-refractivity contribution < 1.29 is 34.3 Å². The molecule has 0 amide bonds. The van der Waals surface area contributed by atoms with Crippen LogP contribution in [0.5, 0.6) is 0 Å². The van der Waals surface area contributed by atoms with E-state index >= 15 is 0 Å². The van der Waals surface area contributed by atoms with E-state index in [1.54, 1.807) is 0 Å². The Morgan fingerprint density at radius 1 is 1.25 bits per heavy atom. The number of carbonyl (C=O) groups is 1. The van der Waals surface area contributed by atoms with Crippen molar-refractivity contribution in [3.8, 4) is 0 Å². The van der Waals surface area contributed by atoms with Gasteiger partial charge in [0.05, 0.1) is 18.6 Å². The van der Waals surface area contributed by atoms with E-state index in [9.17, 15) is 4.79 Å². The van der Waals surface area contributed by atoms with E-state index in [4.69, 9.17) is 29.5 Å². The third kappa shape index (κ3) is 3.87. The first-order chi connectivity index (χ1) is 9.47. The van der Waals surface area contributed by atoms with Gasteiger partial charge in [-0.15, -0.1) is 0 Å². The van der Waals surface area contributed by atoms with Gasteiger partial charge in [-0.3, -0.25) is 15.2 Å². The highest BCUT2D eigenvalue weighted by atomic mass is 17.1. The van der Waals surface area contributed by atoms with Crippen molar-refractivity contribution in [2.75, 3.05) is 13.2 Å². The Morgan fingerprint density at radius 2 is 1.85 bits per heavy atom. The Hall–Kier alpha value is -0.770. The highest BCUT2D eigenvalue weighted by Crippen LogP contribution is 2.30. The van der Waals surface area contributed by atoms with Gasteiger partial charge in [0.25, 0.3) is 0 Å². The summed E-state index contributed by atoms with van der Waals surface area (Å²) in [6, 6.07) is 0. The summed E-state index contributed by atoms with van der Waals surface area (Å²) in [6.07, 6.45) is -0.861. The molecule has 2 fully saturated rings. The Bertz CT molecular complexity index is 336. The fourth-order valence-corrected chi connectivity index (χ4v) is 2.38. The molecule has 0 bridgehead atoms. The number of rotatable bonds is 6. The van der Waals surface area contributed by atoms with Gasteiger partial charge in [0.2, 0.25) is 0 Å². The third-order valence-corrected chi connectivity index (χ3v) is 3.40. The molecule has 0 spiro atoms. The first-order valence-corrected chi connectivity index (χ1v) is 6.74. The zero-order valence-electron chi connectivity index (χ0n) is 11.6. The lowest BCUT2D eigenvalue weighted by Crippen LogP contribution is -2.37. The van der Waals surface area contributed by atoms with Crippen LogP contribution in [0.15, 0.2) is 0 Å². The van der Waals surface area contributed by atoms with E-state index in [1.807, 2.05) is 13.8 Å². The van der Waals surface area contributed by atoms with Crippen molar-refractivity contribution >= 4 is 5.97 Å². The van der Waals surface area contributed by atoms with Gasteiger partial charge < -0.3 is 14.2 Å². The summed E-state index contributed by atoms with van der Waals surface area (Å²) in [5.74, 6) is 0.169. The molecule has 0 aromatic heterocycles. The fraction of sp³-hybridized carbons (Fsp3) is 0.917. The Kier molecular flexibility index (Phi) is 5.30. The van der Waals surface area contributed by atoms with Crippen LogP contribution < -0.4 is 0 Å². The number of nitrogens with zero attached hydrogens (tertiary/aromatic N) is 1. The highest BCUT2D eigenvalue weighted by molar-refractivity contribution is 5.69. The van der Waals surface area contributed by atoms with E-state index in [1.165, 1.54) is 0 Å². The average Bonchev–Trinajstić information content (AvgIpc) is 2.91. The van der Waals surface area contributed by atoms with Crippen LogP contribution in [-0.2, 0) is 23.8 Å². The number of fused-ring (bicyclic) bond motifs is 1. The molecule has 8 heteroatoms. The van der Waals surface area contributed by atoms with Gasteiger partial charge in [0, 0.05) is 6.42 Å². The lowest BCUT2D eigenvalue weighted by molar-refractivity contribution is -0.507. The minimum atomic E-state index is -0.630. The number of ether oxygens (including phenoxy) is 3. The number of carbonyl (C=O) groups excluding carboxylic acids is 1. The Morgan fingerprint density at radius 3 is 2.45 bits per heavy atom.